The summed E-state index contributed by atoms with van der Waals surface area (Å²) in [7, 11) is 0. The smallest absolute Gasteiger partial charge is 0.340 e. The maximum Gasteiger partial charge on any atom is 0.435 e. The fraction of sp³-hybridized carbons (Fsp3) is 0.652. The van der Waals surface area contributed by atoms with Gasteiger partial charge in [-0.3, -0.25) is 14.5 Å². The molecule has 1 aromatic carbocycles. The van der Waals surface area contributed by atoms with Crippen LogP contribution >= 0.6 is 0 Å². The van der Waals surface area contributed by atoms with Crippen LogP contribution in [0.15, 0.2) is 18.2 Å². The van der Waals surface area contributed by atoms with Crippen LogP contribution in [0, 0.1) is 0 Å². The Morgan fingerprint density at radius 2 is 1.54 bits per heavy atom. The average Bonchev–Trinajstić information content (AvgIpc) is 3.21. The van der Waals surface area contributed by atoms with E-state index in [1.807, 2.05) is 4.90 Å². The Balaban J connectivity index is 1.48. The van der Waals surface area contributed by atoms with E-state index in [9.17, 15) is 40.3 Å². The Bertz CT molecular complexity index is 972. The molecule has 0 bridgehead atoms. The summed E-state index contributed by atoms with van der Waals surface area (Å²) in [6.07, 6.45) is -11.2. The van der Waals surface area contributed by atoms with Crippen LogP contribution in [0.4, 0.5) is 30.7 Å². The molecule has 2 heterocycles. The highest BCUT2D eigenvalue weighted by atomic mass is 19.4. The average molecular weight is 509 g/mol. The molecule has 2 fully saturated rings. The minimum absolute atomic E-state index is 0.0159. The predicted molar refractivity (Wildman–Crippen MR) is 111 cm³/mol. The van der Waals surface area contributed by atoms with Crippen LogP contribution in [0.1, 0.15) is 42.4 Å². The zero-order valence-corrected chi connectivity index (χ0v) is 19.1. The Kier molecular flexibility index (Phi) is 6.56. The molecule has 1 unspecified atom stereocenters. The summed E-state index contributed by atoms with van der Waals surface area (Å²) < 4.78 is 93.5. The lowest BCUT2D eigenvalue weighted by Gasteiger charge is -2.37. The topological polar surface area (TPSA) is 43.9 Å². The van der Waals surface area contributed by atoms with Crippen LogP contribution in [0.3, 0.4) is 0 Å². The van der Waals surface area contributed by atoms with E-state index in [-0.39, 0.29) is 42.3 Å². The van der Waals surface area contributed by atoms with Crippen molar-refractivity contribution in [2.24, 2.45) is 0 Å². The number of carbonyl (C=O) groups is 2. The molecule has 0 aromatic heterocycles. The van der Waals surface area contributed by atoms with Gasteiger partial charge >= 0.3 is 18.0 Å². The maximum absolute atomic E-state index is 14.5. The molecule has 194 valence electrons. The normalized spacial score (nSPS) is 23.8. The van der Waals surface area contributed by atoms with Crippen molar-refractivity contribution in [3.8, 4) is 0 Å². The second-order valence-corrected chi connectivity index (χ2v) is 9.44. The number of amides is 2. The number of benzene rings is 1. The summed E-state index contributed by atoms with van der Waals surface area (Å²) in [5, 5.41) is 0. The number of piperazine rings is 1. The monoisotopic (exact) mass is 509 g/mol. The summed E-state index contributed by atoms with van der Waals surface area (Å²) in [5.74, 6) is -0.333. The second kappa shape index (κ2) is 8.94. The van der Waals surface area contributed by atoms with Crippen LogP contribution in [-0.2, 0) is 21.7 Å². The zero-order valence-electron chi connectivity index (χ0n) is 19.1. The van der Waals surface area contributed by atoms with Crippen molar-refractivity contribution in [1.82, 2.24) is 14.7 Å². The predicted octanol–water partition coefficient (Wildman–Crippen LogP) is 3.77. The number of likely N-dealkylation sites (tertiary alicyclic amines) is 1. The molecular formula is C23H26F7N3O2. The SMILES string of the molecule is CC(=O)N1CCN(CC(=O)N2CC[C@H]3c4ccc(C(F)(C(F)(F)F)C(F)(F)F)cc4CCC32)CC1. The minimum Gasteiger partial charge on any atom is -0.340 e. The Morgan fingerprint density at radius 1 is 0.914 bits per heavy atom. The van der Waals surface area contributed by atoms with Gasteiger partial charge in [0.05, 0.1) is 6.54 Å². The number of aryl methyl sites for hydroxylation is 1. The van der Waals surface area contributed by atoms with Crippen LogP contribution < -0.4 is 0 Å². The third-order valence-electron chi connectivity index (χ3n) is 7.47. The van der Waals surface area contributed by atoms with Crippen LogP contribution in [0.2, 0.25) is 0 Å². The quantitative estimate of drug-likeness (QED) is 0.583. The van der Waals surface area contributed by atoms with E-state index in [2.05, 4.69) is 0 Å². The number of carbonyl (C=O) groups excluding carboxylic acids is 2. The molecule has 3 aliphatic rings. The van der Waals surface area contributed by atoms with Crippen molar-refractivity contribution >= 4 is 11.8 Å². The number of fused-ring (bicyclic) bond motifs is 3. The molecule has 0 saturated carbocycles. The van der Waals surface area contributed by atoms with Gasteiger partial charge in [0, 0.05) is 57.2 Å². The maximum atomic E-state index is 14.5. The van der Waals surface area contributed by atoms with Gasteiger partial charge in [-0.25, -0.2) is 4.39 Å². The van der Waals surface area contributed by atoms with Crippen molar-refractivity contribution in [1.29, 1.82) is 0 Å². The first-order chi connectivity index (χ1) is 16.2. The lowest BCUT2D eigenvalue weighted by atomic mass is 9.77. The van der Waals surface area contributed by atoms with Gasteiger partial charge in [-0.05, 0) is 30.4 Å². The molecule has 0 N–H and O–H groups in total. The van der Waals surface area contributed by atoms with Gasteiger partial charge in [-0.1, -0.05) is 18.2 Å². The molecule has 4 rings (SSSR count). The number of hydrogen-bond acceptors (Lipinski definition) is 3. The molecule has 1 aromatic rings. The highest BCUT2D eigenvalue weighted by Crippen LogP contribution is 2.54. The van der Waals surface area contributed by atoms with Crippen molar-refractivity contribution < 1.29 is 40.3 Å². The highest BCUT2D eigenvalue weighted by molar-refractivity contribution is 5.79. The van der Waals surface area contributed by atoms with Crippen LogP contribution in [0.25, 0.3) is 0 Å². The fourth-order valence-corrected chi connectivity index (χ4v) is 5.58. The van der Waals surface area contributed by atoms with Crippen molar-refractivity contribution in [2.45, 2.75) is 56.2 Å². The number of rotatable bonds is 3. The summed E-state index contributed by atoms with van der Waals surface area (Å²) in [4.78, 5) is 29.9. The van der Waals surface area contributed by atoms with E-state index in [0.29, 0.717) is 63.3 Å². The summed E-state index contributed by atoms with van der Waals surface area (Å²) >= 11 is 0. The van der Waals surface area contributed by atoms with E-state index in [1.165, 1.54) is 6.92 Å². The number of halogens is 7. The Morgan fingerprint density at radius 3 is 2.11 bits per heavy atom. The summed E-state index contributed by atoms with van der Waals surface area (Å²) in [6, 6.07) is 2.20. The first kappa shape index (κ1) is 25.7. The molecule has 1 aliphatic carbocycles. The molecule has 12 heteroatoms. The van der Waals surface area contributed by atoms with E-state index in [0.717, 1.165) is 6.07 Å². The summed E-state index contributed by atoms with van der Waals surface area (Å²) in [5.41, 5.74) is -6.09. The molecule has 0 spiro atoms. The first-order valence-corrected chi connectivity index (χ1v) is 11.5. The minimum atomic E-state index is -6.15. The largest absolute Gasteiger partial charge is 0.435 e. The Labute approximate surface area is 197 Å². The fourth-order valence-electron chi connectivity index (χ4n) is 5.58. The van der Waals surface area contributed by atoms with E-state index in [1.54, 1.807) is 9.80 Å². The second-order valence-electron chi connectivity index (χ2n) is 9.44. The zero-order chi connectivity index (χ0) is 25.8. The van der Waals surface area contributed by atoms with Gasteiger partial charge in [0.25, 0.3) is 0 Å². The lowest BCUT2D eigenvalue weighted by molar-refractivity contribution is -0.348. The molecule has 0 radical (unpaired) electrons. The van der Waals surface area contributed by atoms with Gasteiger partial charge in [-0.2, -0.15) is 26.3 Å². The van der Waals surface area contributed by atoms with Crippen molar-refractivity contribution in [2.75, 3.05) is 39.3 Å². The van der Waals surface area contributed by atoms with Crippen LogP contribution in [-0.4, -0.2) is 84.2 Å². The van der Waals surface area contributed by atoms with E-state index in [4.69, 9.17) is 0 Å². The molecule has 2 amide bonds. The van der Waals surface area contributed by atoms with E-state index < -0.39 is 23.6 Å². The van der Waals surface area contributed by atoms with Crippen molar-refractivity contribution in [3.05, 3.63) is 34.9 Å². The van der Waals surface area contributed by atoms with Gasteiger partial charge in [0.15, 0.2) is 0 Å². The van der Waals surface area contributed by atoms with E-state index >= 15 is 0 Å². The van der Waals surface area contributed by atoms with Crippen molar-refractivity contribution in [3.63, 3.8) is 0 Å². The van der Waals surface area contributed by atoms with Gasteiger partial charge in [0.1, 0.15) is 0 Å². The number of nitrogens with zero attached hydrogens (tertiary/aromatic N) is 3. The van der Waals surface area contributed by atoms with Crippen LogP contribution in [0.5, 0.6) is 0 Å². The molecule has 2 atom stereocenters. The van der Waals surface area contributed by atoms with Gasteiger partial charge < -0.3 is 9.80 Å². The third-order valence-corrected chi connectivity index (χ3v) is 7.47. The standard InChI is InChI=1S/C23H26F7N3O2/c1-14(34)32-10-8-31(9-11-32)13-20(35)33-7-6-18-17-4-3-16(12-15(17)2-5-19(18)33)21(24,22(25,26)27)23(28,29)30/h3-4,12,18-19H,2,5-11,13H2,1H3/t18-,19?/m0/s1. The third kappa shape index (κ3) is 4.49. The molecular weight excluding hydrogens is 483 g/mol. The highest BCUT2D eigenvalue weighted by Gasteiger charge is 2.73. The number of alkyl halides is 7. The molecule has 2 aliphatic heterocycles. The van der Waals surface area contributed by atoms with Gasteiger partial charge in [-0.15, -0.1) is 0 Å². The Hall–Kier alpha value is -2.37. The molecule has 2 saturated heterocycles. The summed E-state index contributed by atoms with van der Waals surface area (Å²) in [6.45, 7) is 4.33. The van der Waals surface area contributed by atoms with Gasteiger partial charge in [0.2, 0.25) is 11.8 Å². The number of hydrogen-bond donors (Lipinski definition) is 0. The lowest BCUT2D eigenvalue weighted by Crippen LogP contribution is -2.52. The first-order valence-electron chi connectivity index (χ1n) is 11.5. The molecule has 5 nitrogen and oxygen atoms in total. The molecule has 35 heavy (non-hydrogen) atoms.